The molecule has 20 heavy (non-hydrogen) atoms. The van der Waals surface area contributed by atoms with Gasteiger partial charge in [0.2, 0.25) is 0 Å². The van der Waals surface area contributed by atoms with Gasteiger partial charge < -0.3 is 4.52 Å². The molecule has 0 N–H and O–H groups in total. The first-order chi connectivity index (χ1) is 9.61. The summed E-state index contributed by atoms with van der Waals surface area (Å²) < 4.78 is 7.17. The molecule has 1 unspecified atom stereocenters. The number of rotatable bonds is 4. The molecule has 0 saturated carbocycles. The van der Waals surface area contributed by atoms with Crippen molar-refractivity contribution < 1.29 is 4.52 Å². The Kier molecular flexibility index (Phi) is 3.56. The largest absolute Gasteiger partial charge is 0.361 e. The standard InChI is InChI=1S/C14H21N5O/c1-10-7-13(17-20-10)8-18-6-4-5-14(18)9-19-12(3)15-11(2)16-19/h7,14H,4-6,8-9H2,1-3H3. The Bertz CT molecular complexity index is 588. The highest BCUT2D eigenvalue weighted by Gasteiger charge is 2.26. The normalized spacial score (nSPS) is 19.9. The van der Waals surface area contributed by atoms with Crippen LogP contribution in [0.3, 0.4) is 0 Å². The van der Waals surface area contributed by atoms with Gasteiger partial charge in [0.05, 0.1) is 12.2 Å². The molecule has 1 saturated heterocycles. The third-order valence-electron chi connectivity index (χ3n) is 3.89. The van der Waals surface area contributed by atoms with Crippen LogP contribution < -0.4 is 0 Å². The lowest BCUT2D eigenvalue weighted by atomic mass is 10.2. The van der Waals surface area contributed by atoms with E-state index in [0.29, 0.717) is 6.04 Å². The van der Waals surface area contributed by atoms with Crippen LogP contribution in [0.5, 0.6) is 0 Å². The van der Waals surface area contributed by atoms with Gasteiger partial charge in [-0.15, -0.1) is 0 Å². The van der Waals surface area contributed by atoms with Crippen molar-refractivity contribution in [3.63, 3.8) is 0 Å². The number of hydrogen-bond donors (Lipinski definition) is 0. The summed E-state index contributed by atoms with van der Waals surface area (Å²) in [5.41, 5.74) is 1.01. The van der Waals surface area contributed by atoms with Crippen LogP contribution in [0.1, 0.15) is 35.9 Å². The number of aromatic nitrogens is 4. The van der Waals surface area contributed by atoms with Crippen LogP contribution in [-0.2, 0) is 13.1 Å². The Hall–Kier alpha value is -1.69. The summed E-state index contributed by atoms with van der Waals surface area (Å²) in [7, 11) is 0. The van der Waals surface area contributed by atoms with Gasteiger partial charge in [-0.3, -0.25) is 4.90 Å². The van der Waals surface area contributed by atoms with Gasteiger partial charge in [-0.1, -0.05) is 5.16 Å². The van der Waals surface area contributed by atoms with E-state index < -0.39 is 0 Å². The number of aryl methyl sites for hydroxylation is 3. The fourth-order valence-corrected chi connectivity index (χ4v) is 2.94. The van der Waals surface area contributed by atoms with Crippen LogP contribution in [0, 0.1) is 20.8 Å². The van der Waals surface area contributed by atoms with Crippen LogP contribution in [0.2, 0.25) is 0 Å². The molecule has 1 aliphatic rings. The molecule has 0 aliphatic carbocycles. The monoisotopic (exact) mass is 275 g/mol. The van der Waals surface area contributed by atoms with Crippen molar-refractivity contribution in [2.24, 2.45) is 0 Å². The summed E-state index contributed by atoms with van der Waals surface area (Å²) in [5.74, 6) is 2.71. The molecule has 0 radical (unpaired) electrons. The fraction of sp³-hybridized carbons (Fsp3) is 0.643. The summed E-state index contributed by atoms with van der Waals surface area (Å²) in [6.07, 6.45) is 2.43. The van der Waals surface area contributed by atoms with E-state index in [1.807, 2.05) is 31.5 Å². The van der Waals surface area contributed by atoms with Gasteiger partial charge in [0.15, 0.2) is 0 Å². The molecule has 2 aromatic heterocycles. The van der Waals surface area contributed by atoms with E-state index in [1.165, 1.54) is 12.8 Å². The molecule has 2 aromatic rings. The summed E-state index contributed by atoms with van der Waals surface area (Å²) >= 11 is 0. The molecule has 1 atom stereocenters. The van der Waals surface area contributed by atoms with Gasteiger partial charge in [-0.25, -0.2) is 9.67 Å². The summed E-state index contributed by atoms with van der Waals surface area (Å²) in [4.78, 5) is 6.84. The molecule has 3 rings (SSSR count). The Morgan fingerprint density at radius 3 is 2.85 bits per heavy atom. The first-order valence-electron chi connectivity index (χ1n) is 7.16. The maximum atomic E-state index is 5.15. The second kappa shape index (κ2) is 5.36. The van der Waals surface area contributed by atoms with Crippen molar-refractivity contribution in [1.29, 1.82) is 0 Å². The minimum Gasteiger partial charge on any atom is -0.361 e. The lowest BCUT2D eigenvalue weighted by Crippen LogP contribution is -2.33. The van der Waals surface area contributed by atoms with Gasteiger partial charge in [0.25, 0.3) is 0 Å². The van der Waals surface area contributed by atoms with Crippen molar-refractivity contribution in [2.75, 3.05) is 6.54 Å². The second-order valence-electron chi connectivity index (χ2n) is 5.58. The van der Waals surface area contributed by atoms with Crippen LogP contribution in [-0.4, -0.2) is 37.4 Å². The van der Waals surface area contributed by atoms with Crippen LogP contribution in [0.25, 0.3) is 0 Å². The highest BCUT2D eigenvalue weighted by molar-refractivity contribution is 5.04. The average molecular weight is 275 g/mol. The zero-order valence-electron chi connectivity index (χ0n) is 12.3. The first kappa shape index (κ1) is 13.3. The van der Waals surface area contributed by atoms with Crippen molar-refractivity contribution in [3.05, 3.63) is 29.2 Å². The van der Waals surface area contributed by atoms with Gasteiger partial charge in [0, 0.05) is 18.7 Å². The lowest BCUT2D eigenvalue weighted by Gasteiger charge is -2.23. The average Bonchev–Trinajstić information content (AvgIpc) is 3.05. The smallest absolute Gasteiger partial charge is 0.147 e. The Morgan fingerprint density at radius 1 is 1.35 bits per heavy atom. The third-order valence-corrected chi connectivity index (χ3v) is 3.89. The molecule has 108 valence electrons. The van der Waals surface area contributed by atoms with Gasteiger partial charge in [-0.2, -0.15) is 5.10 Å². The van der Waals surface area contributed by atoms with Gasteiger partial charge in [-0.05, 0) is 40.2 Å². The maximum Gasteiger partial charge on any atom is 0.147 e. The molecule has 3 heterocycles. The minimum absolute atomic E-state index is 0.506. The molecular formula is C14H21N5O. The molecule has 0 amide bonds. The summed E-state index contributed by atoms with van der Waals surface area (Å²) in [6.45, 7) is 8.76. The van der Waals surface area contributed by atoms with Crippen LogP contribution >= 0.6 is 0 Å². The Morgan fingerprint density at radius 2 is 2.20 bits per heavy atom. The molecule has 6 nitrogen and oxygen atoms in total. The zero-order valence-corrected chi connectivity index (χ0v) is 12.3. The highest BCUT2D eigenvalue weighted by Crippen LogP contribution is 2.21. The fourth-order valence-electron chi connectivity index (χ4n) is 2.94. The predicted molar refractivity (Wildman–Crippen MR) is 74.2 cm³/mol. The number of hydrogen-bond acceptors (Lipinski definition) is 5. The molecule has 0 bridgehead atoms. The molecular weight excluding hydrogens is 254 g/mol. The quantitative estimate of drug-likeness (QED) is 0.852. The van der Waals surface area contributed by atoms with E-state index in [0.717, 1.165) is 42.7 Å². The maximum absolute atomic E-state index is 5.15. The van der Waals surface area contributed by atoms with Crippen molar-refractivity contribution in [1.82, 2.24) is 24.8 Å². The van der Waals surface area contributed by atoms with Gasteiger partial charge in [0.1, 0.15) is 17.4 Å². The van der Waals surface area contributed by atoms with Crippen molar-refractivity contribution in [3.8, 4) is 0 Å². The lowest BCUT2D eigenvalue weighted by molar-refractivity contribution is 0.212. The topological polar surface area (TPSA) is 60.0 Å². The first-order valence-corrected chi connectivity index (χ1v) is 7.16. The highest BCUT2D eigenvalue weighted by atomic mass is 16.5. The van der Waals surface area contributed by atoms with E-state index in [4.69, 9.17) is 4.52 Å². The third kappa shape index (κ3) is 2.75. The number of likely N-dealkylation sites (tertiary alicyclic amines) is 1. The Labute approximate surface area is 118 Å². The van der Waals surface area contributed by atoms with E-state index in [2.05, 4.69) is 20.1 Å². The minimum atomic E-state index is 0.506. The van der Waals surface area contributed by atoms with E-state index in [9.17, 15) is 0 Å². The van der Waals surface area contributed by atoms with E-state index in [1.54, 1.807) is 0 Å². The van der Waals surface area contributed by atoms with Crippen LogP contribution in [0.4, 0.5) is 0 Å². The molecule has 0 aromatic carbocycles. The van der Waals surface area contributed by atoms with E-state index >= 15 is 0 Å². The zero-order chi connectivity index (χ0) is 14.1. The van der Waals surface area contributed by atoms with E-state index in [-0.39, 0.29) is 0 Å². The summed E-state index contributed by atoms with van der Waals surface area (Å²) in [5, 5.41) is 8.56. The van der Waals surface area contributed by atoms with Crippen molar-refractivity contribution in [2.45, 2.75) is 52.7 Å². The van der Waals surface area contributed by atoms with Gasteiger partial charge >= 0.3 is 0 Å². The predicted octanol–water partition coefficient (Wildman–Crippen LogP) is 1.86. The molecule has 6 heteroatoms. The van der Waals surface area contributed by atoms with Crippen LogP contribution in [0.15, 0.2) is 10.6 Å². The molecule has 1 aliphatic heterocycles. The second-order valence-corrected chi connectivity index (χ2v) is 5.58. The Balaban J connectivity index is 1.67. The molecule has 0 spiro atoms. The van der Waals surface area contributed by atoms with Crippen molar-refractivity contribution >= 4 is 0 Å². The molecule has 1 fully saturated rings. The summed E-state index contributed by atoms with van der Waals surface area (Å²) in [6, 6.07) is 2.52. The SMILES string of the molecule is Cc1nc(C)n(CC2CCCN2Cc2cc(C)on2)n1. The number of nitrogens with zero attached hydrogens (tertiary/aromatic N) is 5.